The average Bonchev–Trinajstić information content (AvgIpc) is 3.06. The lowest BCUT2D eigenvalue weighted by atomic mass is 9.84. The Labute approximate surface area is 183 Å². The number of nitrogens with zero attached hydrogens (tertiary/aromatic N) is 2. The van der Waals surface area contributed by atoms with Crippen LogP contribution in [0.3, 0.4) is 0 Å². The number of benzene rings is 1. The number of amides is 2. The van der Waals surface area contributed by atoms with E-state index in [1.54, 1.807) is 0 Å². The molecule has 0 saturated heterocycles. The summed E-state index contributed by atoms with van der Waals surface area (Å²) in [5.74, 6) is -0.163. The van der Waals surface area contributed by atoms with E-state index in [4.69, 9.17) is 0 Å². The average molecular weight is 431 g/mol. The van der Waals surface area contributed by atoms with Crippen molar-refractivity contribution >= 4 is 28.3 Å². The minimum atomic E-state index is -0.619. The minimum absolute atomic E-state index is 0.0450. The first kappa shape index (κ1) is 24.0. The zero-order valence-electron chi connectivity index (χ0n) is 19.1. The van der Waals surface area contributed by atoms with Crippen molar-refractivity contribution < 1.29 is 9.59 Å². The number of anilines is 1. The molecule has 1 aromatic heterocycles. The summed E-state index contributed by atoms with van der Waals surface area (Å²) in [5, 5.41) is 15.1. The molecule has 164 valence electrons. The van der Waals surface area contributed by atoms with Gasteiger partial charge in [-0.05, 0) is 30.6 Å². The van der Waals surface area contributed by atoms with E-state index < -0.39 is 6.04 Å². The number of hydrogen-bond donors (Lipinski definition) is 2. The van der Waals surface area contributed by atoms with Gasteiger partial charge in [0.05, 0.1) is 0 Å². The van der Waals surface area contributed by atoms with E-state index in [1.165, 1.54) is 16.9 Å². The summed E-state index contributed by atoms with van der Waals surface area (Å²) in [6.07, 6.45) is 1.36. The third-order valence-corrected chi connectivity index (χ3v) is 5.60. The molecule has 2 aromatic rings. The maximum Gasteiger partial charge on any atom is 0.249 e. The molecule has 6 nitrogen and oxygen atoms in total. The molecule has 0 saturated carbocycles. The number of carbonyl (C=O) groups is 2. The van der Waals surface area contributed by atoms with Crippen LogP contribution >= 0.6 is 11.3 Å². The third kappa shape index (κ3) is 7.52. The lowest BCUT2D eigenvalue weighted by Gasteiger charge is -2.25. The van der Waals surface area contributed by atoms with E-state index >= 15 is 0 Å². The monoisotopic (exact) mass is 430 g/mol. The molecular weight excluding hydrogens is 396 g/mol. The normalized spacial score (nSPS) is 13.7. The van der Waals surface area contributed by atoms with Crippen LogP contribution in [0.5, 0.6) is 0 Å². The van der Waals surface area contributed by atoms with Gasteiger partial charge in [-0.3, -0.25) is 14.9 Å². The maximum absolute atomic E-state index is 12.8. The van der Waals surface area contributed by atoms with Crippen molar-refractivity contribution in [2.24, 2.45) is 17.3 Å². The van der Waals surface area contributed by atoms with Gasteiger partial charge in [0.15, 0.2) is 0 Å². The molecule has 0 radical (unpaired) electrons. The number of hydrogen-bond acceptors (Lipinski definition) is 5. The van der Waals surface area contributed by atoms with Gasteiger partial charge in [0.2, 0.25) is 16.9 Å². The highest BCUT2D eigenvalue weighted by Gasteiger charge is 2.26. The highest BCUT2D eigenvalue weighted by Crippen LogP contribution is 2.27. The first-order chi connectivity index (χ1) is 13.9. The molecule has 0 aliphatic heterocycles. The van der Waals surface area contributed by atoms with Gasteiger partial charge in [0.1, 0.15) is 11.0 Å². The van der Waals surface area contributed by atoms with Crippen LogP contribution in [0.1, 0.15) is 59.9 Å². The Morgan fingerprint density at radius 1 is 1.07 bits per heavy atom. The summed E-state index contributed by atoms with van der Waals surface area (Å²) in [6, 6.07) is 7.38. The lowest BCUT2D eigenvalue weighted by Crippen LogP contribution is -2.47. The van der Waals surface area contributed by atoms with Crippen molar-refractivity contribution in [2.45, 2.75) is 67.3 Å². The number of aromatic nitrogens is 2. The molecule has 0 aliphatic rings. The Kier molecular flexibility index (Phi) is 8.12. The van der Waals surface area contributed by atoms with Crippen LogP contribution in [0.25, 0.3) is 10.6 Å². The van der Waals surface area contributed by atoms with Crippen molar-refractivity contribution in [2.75, 3.05) is 5.32 Å². The molecule has 0 fully saturated rings. The van der Waals surface area contributed by atoms with Gasteiger partial charge < -0.3 is 5.32 Å². The highest BCUT2D eigenvalue weighted by atomic mass is 32.1. The molecule has 2 N–H and O–H groups in total. The molecule has 0 spiro atoms. The second-order valence-corrected chi connectivity index (χ2v) is 10.6. The fraction of sp³-hybridized carbons (Fsp3) is 0.565. The van der Waals surface area contributed by atoms with E-state index in [1.807, 2.05) is 45.0 Å². The largest absolute Gasteiger partial charge is 0.344 e. The van der Waals surface area contributed by atoms with Gasteiger partial charge in [-0.2, -0.15) is 0 Å². The van der Waals surface area contributed by atoms with Gasteiger partial charge in [0.25, 0.3) is 0 Å². The van der Waals surface area contributed by atoms with Crippen LogP contribution in [0, 0.1) is 24.2 Å². The summed E-state index contributed by atoms with van der Waals surface area (Å²) in [6.45, 7) is 14.4. The topological polar surface area (TPSA) is 84.0 Å². The Balaban J connectivity index is 1.99. The molecule has 2 amide bonds. The standard InChI is InChI=1S/C23H34N4O2S/c1-14(2)19(24-18(28)12-16(4)13-23(5,6)7)20(29)25-22-27-26-21(30-22)17-10-8-15(3)9-11-17/h8-11,14,16,19H,12-13H2,1-7H3,(H,24,28)(H,25,27,29)/t16-,19+/m1/s1. The maximum atomic E-state index is 12.8. The first-order valence-electron chi connectivity index (χ1n) is 10.5. The Hall–Kier alpha value is -2.28. The van der Waals surface area contributed by atoms with Crippen LogP contribution in [0.4, 0.5) is 5.13 Å². The minimum Gasteiger partial charge on any atom is -0.344 e. The smallest absolute Gasteiger partial charge is 0.249 e. The van der Waals surface area contributed by atoms with Crippen LogP contribution in [0.2, 0.25) is 0 Å². The molecule has 1 aromatic carbocycles. The van der Waals surface area contributed by atoms with Gasteiger partial charge in [-0.25, -0.2) is 0 Å². The fourth-order valence-corrected chi connectivity index (χ4v) is 4.22. The molecule has 0 bridgehead atoms. The zero-order valence-corrected chi connectivity index (χ0v) is 19.9. The summed E-state index contributed by atoms with van der Waals surface area (Å²) < 4.78 is 0. The molecular formula is C23H34N4O2S. The highest BCUT2D eigenvalue weighted by molar-refractivity contribution is 7.18. The van der Waals surface area contributed by atoms with Crippen molar-refractivity contribution in [1.82, 2.24) is 15.5 Å². The predicted octanol–water partition coefficient (Wildman–Crippen LogP) is 5.06. The second kappa shape index (κ2) is 10.2. The van der Waals surface area contributed by atoms with Gasteiger partial charge in [0, 0.05) is 12.0 Å². The molecule has 2 atom stereocenters. The Morgan fingerprint density at radius 3 is 2.27 bits per heavy atom. The van der Waals surface area contributed by atoms with E-state index in [-0.39, 0.29) is 29.1 Å². The van der Waals surface area contributed by atoms with Crippen molar-refractivity contribution in [1.29, 1.82) is 0 Å². The van der Waals surface area contributed by atoms with Crippen LogP contribution in [-0.4, -0.2) is 28.1 Å². The van der Waals surface area contributed by atoms with E-state index in [2.05, 4.69) is 48.5 Å². The van der Waals surface area contributed by atoms with E-state index in [9.17, 15) is 9.59 Å². The van der Waals surface area contributed by atoms with Crippen LogP contribution in [-0.2, 0) is 9.59 Å². The second-order valence-electron chi connectivity index (χ2n) is 9.63. The molecule has 0 aliphatic carbocycles. The van der Waals surface area contributed by atoms with E-state index in [0.717, 1.165) is 17.0 Å². The van der Waals surface area contributed by atoms with Crippen molar-refractivity contribution in [3.8, 4) is 10.6 Å². The van der Waals surface area contributed by atoms with Crippen molar-refractivity contribution in [3.63, 3.8) is 0 Å². The summed E-state index contributed by atoms with van der Waals surface area (Å²) in [7, 11) is 0. The van der Waals surface area contributed by atoms with Crippen LogP contribution in [0.15, 0.2) is 24.3 Å². The van der Waals surface area contributed by atoms with Crippen LogP contribution < -0.4 is 10.6 Å². The lowest BCUT2D eigenvalue weighted by molar-refractivity contribution is -0.128. The van der Waals surface area contributed by atoms with Gasteiger partial charge in [-0.1, -0.05) is 82.7 Å². The summed E-state index contributed by atoms with van der Waals surface area (Å²) in [4.78, 5) is 25.3. The zero-order chi connectivity index (χ0) is 22.5. The fourth-order valence-electron chi connectivity index (χ4n) is 3.47. The number of carbonyl (C=O) groups excluding carboxylic acids is 2. The number of nitrogens with one attached hydrogen (secondary N) is 2. The third-order valence-electron chi connectivity index (χ3n) is 4.71. The molecule has 2 rings (SSSR count). The van der Waals surface area contributed by atoms with Gasteiger partial charge >= 0.3 is 0 Å². The summed E-state index contributed by atoms with van der Waals surface area (Å²) in [5.41, 5.74) is 2.30. The molecule has 1 heterocycles. The number of rotatable bonds is 8. The Bertz CT molecular complexity index is 853. The molecule has 0 unspecified atom stereocenters. The number of aryl methyl sites for hydroxylation is 1. The SMILES string of the molecule is Cc1ccc(-c2nnc(NC(=O)[C@@H](NC(=O)C[C@@H](C)CC(C)(C)C)C(C)C)s2)cc1. The first-order valence-corrected chi connectivity index (χ1v) is 11.3. The van der Waals surface area contributed by atoms with Crippen molar-refractivity contribution in [3.05, 3.63) is 29.8 Å². The Morgan fingerprint density at radius 2 is 1.70 bits per heavy atom. The van der Waals surface area contributed by atoms with E-state index in [0.29, 0.717) is 11.6 Å². The molecule has 7 heteroatoms. The summed E-state index contributed by atoms with van der Waals surface area (Å²) >= 11 is 1.32. The predicted molar refractivity (Wildman–Crippen MR) is 123 cm³/mol. The van der Waals surface area contributed by atoms with Gasteiger partial charge in [-0.15, -0.1) is 10.2 Å². The quantitative estimate of drug-likeness (QED) is 0.613. The molecule has 30 heavy (non-hydrogen) atoms.